The van der Waals surface area contributed by atoms with Crippen LogP contribution in [0.5, 0.6) is 0 Å². The summed E-state index contributed by atoms with van der Waals surface area (Å²) in [5.74, 6) is 1.56. The normalized spacial score (nSPS) is 30.0. The number of hydrogen-bond acceptors (Lipinski definition) is 3. The van der Waals surface area contributed by atoms with Crippen molar-refractivity contribution in [1.82, 2.24) is 5.32 Å². The molecule has 1 saturated carbocycles. The van der Waals surface area contributed by atoms with E-state index in [1.165, 1.54) is 5.56 Å². The molecule has 1 heterocycles. The Balaban J connectivity index is 1.50. The Kier molecular flexibility index (Phi) is 5.21. The van der Waals surface area contributed by atoms with Gasteiger partial charge in [0.05, 0.1) is 19.3 Å². The quantitative estimate of drug-likeness (QED) is 0.915. The molecule has 2 aliphatic rings. The van der Waals surface area contributed by atoms with Gasteiger partial charge in [0.15, 0.2) is 0 Å². The maximum absolute atomic E-state index is 11.8. The highest BCUT2D eigenvalue weighted by Crippen LogP contribution is 2.43. The maximum Gasteiger partial charge on any atom is 0.407 e. The fourth-order valence-corrected chi connectivity index (χ4v) is 3.76. The first-order valence-electron chi connectivity index (χ1n) is 8.71. The van der Waals surface area contributed by atoms with Gasteiger partial charge in [-0.2, -0.15) is 0 Å². The van der Waals surface area contributed by atoms with Gasteiger partial charge in [-0.05, 0) is 42.6 Å². The number of nitrogens with one attached hydrogen (secondary N) is 1. The number of carbonyl (C=O) groups excluding carboxylic acids is 1. The van der Waals surface area contributed by atoms with Crippen LogP contribution in [0.1, 0.15) is 44.8 Å². The topological polar surface area (TPSA) is 47.6 Å². The largest absolute Gasteiger partial charge is 0.449 e. The van der Waals surface area contributed by atoms with Gasteiger partial charge in [-0.25, -0.2) is 4.79 Å². The Morgan fingerprint density at radius 2 is 1.96 bits per heavy atom. The predicted molar refractivity (Wildman–Crippen MR) is 89.1 cm³/mol. The molecule has 0 aromatic heterocycles. The molecule has 3 rings (SSSR count). The van der Waals surface area contributed by atoms with E-state index in [2.05, 4.69) is 29.6 Å². The van der Waals surface area contributed by atoms with Gasteiger partial charge in [-0.15, -0.1) is 0 Å². The van der Waals surface area contributed by atoms with Crippen molar-refractivity contribution in [3.63, 3.8) is 0 Å². The first-order valence-corrected chi connectivity index (χ1v) is 8.71. The molecule has 23 heavy (non-hydrogen) atoms. The summed E-state index contributed by atoms with van der Waals surface area (Å²) in [6.07, 6.45) is 3.01. The van der Waals surface area contributed by atoms with Gasteiger partial charge in [0.2, 0.25) is 0 Å². The lowest BCUT2D eigenvalue weighted by molar-refractivity contribution is -0.0384. The number of rotatable bonds is 4. The Labute approximate surface area is 138 Å². The first-order chi connectivity index (χ1) is 11.1. The van der Waals surface area contributed by atoms with Crippen molar-refractivity contribution in [3.8, 4) is 0 Å². The molecule has 0 radical (unpaired) electrons. The molecule has 0 spiro atoms. The Bertz CT molecular complexity index is 517. The monoisotopic (exact) mass is 317 g/mol. The van der Waals surface area contributed by atoms with Crippen molar-refractivity contribution in [3.05, 3.63) is 35.9 Å². The van der Waals surface area contributed by atoms with Crippen molar-refractivity contribution in [2.24, 2.45) is 17.8 Å². The summed E-state index contributed by atoms with van der Waals surface area (Å²) >= 11 is 0. The van der Waals surface area contributed by atoms with Gasteiger partial charge in [-0.1, -0.05) is 44.2 Å². The number of alkyl carbamates (subject to hydrolysis) is 1. The van der Waals surface area contributed by atoms with Crippen LogP contribution < -0.4 is 5.32 Å². The number of ether oxygens (including phenoxy) is 2. The van der Waals surface area contributed by atoms with Crippen LogP contribution in [0.4, 0.5) is 4.79 Å². The molecular weight excluding hydrogens is 290 g/mol. The molecule has 2 fully saturated rings. The molecular formula is C19H27NO3. The van der Waals surface area contributed by atoms with Crippen molar-refractivity contribution in [1.29, 1.82) is 0 Å². The second kappa shape index (κ2) is 7.35. The Morgan fingerprint density at radius 3 is 2.70 bits per heavy atom. The molecule has 4 heteroatoms. The van der Waals surface area contributed by atoms with E-state index in [4.69, 9.17) is 9.47 Å². The maximum atomic E-state index is 11.8. The van der Waals surface area contributed by atoms with Crippen LogP contribution in [0.3, 0.4) is 0 Å². The van der Waals surface area contributed by atoms with Gasteiger partial charge in [0.1, 0.15) is 0 Å². The van der Waals surface area contributed by atoms with Crippen molar-refractivity contribution < 1.29 is 14.3 Å². The summed E-state index contributed by atoms with van der Waals surface area (Å²) in [6.45, 7) is 5.35. The minimum absolute atomic E-state index is 0.198. The fourth-order valence-electron chi connectivity index (χ4n) is 3.76. The van der Waals surface area contributed by atoms with Crippen LogP contribution in [0.15, 0.2) is 30.3 Å². The minimum Gasteiger partial charge on any atom is -0.449 e. The fraction of sp³-hybridized carbons (Fsp3) is 0.632. The van der Waals surface area contributed by atoms with E-state index < -0.39 is 0 Å². The van der Waals surface area contributed by atoms with Gasteiger partial charge in [0.25, 0.3) is 0 Å². The van der Waals surface area contributed by atoms with E-state index in [0.717, 1.165) is 25.9 Å². The molecule has 126 valence electrons. The molecule has 4 atom stereocenters. The smallest absolute Gasteiger partial charge is 0.407 e. The lowest BCUT2D eigenvalue weighted by atomic mass is 9.86. The summed E-state index contributed by atoms with van der Waals surface area (Å²) in [4.78, 5) is 11.8. The predicted octanol–water partition coefficient (Wildman–Crippen LogP) is 3.93. The second-order valence-corrected chi connectivity index (χ2v) is 7.29. The Hall–Kier alpha value is -1.55. The number of amides is 1. The highest BCUT2D eigenvalue weighted by Gasteiger charge is 2.40. The summed E-state index contributed by atoms with van der Waals surface area (Å²) < 4.78 is 11.3. The molecule has 1 amide bonds. The summed E-state index contributed by atoms with van der Waals surface area (Å²) in [7, 11) is 0. The second-order valence-electron chi connectivity index (χ2n) is 7.29. The van der Waals surface area contributed by atoms with Gasteiger partial charge in [0, 0.05) is 6.04 Å². The number of fused-ring (bicyclic) bond motifs is 1. The highest BCUT2D eigenvalue weighted by atomic mass is 16.5. The van der Waals surface area contributed by atoms with Crippen molar-refractivity contribution >= 4 is 6.09 Å². The zero-order valence-corrected chi connectivity index (χ0v) is 14.0. The van der Waals surface area contributed by atoms with E-state index in [1.807, 2.05) is 19.9 Å². The van der Waals surface area contributed by atoms with Crippen molar-refractivity contribution in [2.45, 2.75) is 45.3 Å². The standard InChI is InChI=1S/C19H27NO3/c1-13(2)11-23-19(21)20-17-8-15-10-18(22-12-16(15)9-17)14-6-4-3-5-7-14/h3-7,13,15-18H,8-12H2,1-2H3,(H,20,21)/t15-,16+,17-,18-/m0/s1. The third-order valence-electron chi connectivity index (χ3n) is 4.91. The summed E-state index contributed by atoms with van der Waals surface area (Å²) in [5, 5.41) is 3.03. The first kappa shape index (κ1) is 16.3. The van der Waals surface area contributed by atoms with Crippen LogP contribution in [-0.2, 0) is 9.47 Å². The third-order valence-corrected chi connectivity index (χ3v) is 4.91. The number of hydrogen-bond donors (Lipinski definition) is 1. The minimum atomic E-state index is -0.275. The average Bonchev–Trinajstić information content (AvgIpc) is 2.95. The SMILES string of the molecule is CC(C)COC(=O)N[C@@H]1C[C@@H]2CO[C@H](c3ccccc3)C[C@@H]2C1. The third kappa shape index (κ3) is 4.25. The van der Waals surface area contributed by atoms with Gasteiger partial charge >= 0.3 is 6.09 Å². The zero-order chi connectivity index (χ0) is 16.2. The molecule has 1 N–H and O–H groups in total. The molecule has 0 bridgehead atoms. The molecule has 4 nitrogen and oxygen atoms in total. The molecule has 1 aromatic rings. The van der Waals surface area contributed by atoms with E-state index in [1.54, 1.807) is 0 Å². The molecule has 1 saturated heterocycles. The average molecular weight is 317 g/mol. The van der Waals surface area contributed by atoms with E-state index in [-0.39, 0.29) is 18.2 Å². The van der Waals surface area contributed by atoms with Gasteiger partial charge < -0.3 is 14.8 Å². The van der Waals surface area contributed by atoms with E-state index in [9.17, 15) is 4.79 Å². The van der Waals surface area contributed by atoms with Crippen LogP contribution in [0, 0.1) is 17.8 Å². The van der Waals surface area contributed by atoms with Crippen LogP contribution in [0.25, 0.3) is 0 Å². The summed E-state index contributed by atoms with van der Waals surface area (Å²) in [6, 6.07) is 10.7. The van der Waals surface area contributed by atoms with E-state index >= 15 is 0 Å². The summed E-state index contributed by atoms with van der Waals surface area (Å²) in [5.41, 5.74) is 1.26. The van der Waals surface area contributed by atoms with Crippen molar-refractivity contribution in [2.75, 3.05) is 13.2 Å². The van der Waals surface area contributed by atoms with Crippen LogP contribution >= 0.6 is 0 Å². The van der Waals surface area contributed by atoms with Crippen LogP contribution in [0.2, 0.25) is 0 Å². The molecule has 0 unspecified atom stereocenters. The zero-order valence-electron chi connectivity index (χ0n) is 14.0. The molecule has 1 aliphatic carbocycles. The van der Waals surface area contributed by atoms with Gasteiger partial charge in [-0.3, -0.25) is 0 Å². The van der Waals surface area contributed by atoms with E-state index in [0.29, 0.717) is 24.4 Å². The number of benzene rings is 1. The lowest BCUT2D eigenvalue weighted by Crippen LogP contribution is -2.34. The Morgan fingerprint density at radius 1 is 1.22 bits per heavy atom. The number of carbonyl (C=O) groups is 1. The highest BCUT2D eigenvalue weighted by molar-refractivity contribution is 5.67. The lowest BCUT2D eigenvalue weighted by Gasteiger charge is -2.32. The molecule has 1 aliphatic heterocycles. The van der Waals surface area contributed by atoms with Crippen LogP contribution in [-0.4, -0.2) is 25.3 Å². The molecule has 1 aromatic carbocycles.